The van der Waals surface area contributed by atoms with Gasteiger partial charge in [-0.1, -0.05) is 30.3 Å². The van der Waals surface area contributed by atoms with Gasteiger partial charge < -0.3 is 4.90 Å². The third-order valence-corrected chi connectivity index (χ3v) is 2.34. The summed E-state index contributed by atoms with van der Waals surface area (Å²) in [6.45, 7) is 0. The van der Waals surface area contributed by atoms with Crippen LogP contribution in [0.15, 0.2) is 41.5 Å². The average Bonchev–Trinajstić information content (AvgIpc) is 2.45. The molecular formula is C14H13N5. The van der Waals surface area contributed by atoms with Gasteiger partial charge in [0.1, 0.15) is 6.07 Å². The van der Waals surface area contributed by atoms with E-state index in [1.54, 1.807) is 17.4 Å². The lowest BCUT2D eigenvalue weighted by Crippen LogP contribution is -2.07. The highest BCUT2D eigenvalue weighted by Gasteiger charge is 2.07. The fourth-order valence-corrected chi connectivity index (χ4v) is 1.47. The maximum Gasteiger partial charge on any atom is 0.190 e. The zero-order valence-electron chi connectivity index (χ0n) is 10.8. The highest BCUT2D eigenvalue weighted by atomic mass is 15.1. The lowest BCUT2D eigenvalue weighted by molar-refractivity contribution is 0.643. The number of hydrogen-bond donors (Lipinski definition) is 0. The van der Waals surface area contributed by atoms with Crippen LogP contribution in [-0.2, 0) is 0 Å². The minimum absolute atomic E-state index is 0.222. The smallest absolute Gasteiger partial charge is 0.190 e. The normalized spacial score (nSPS) is 10.4. The van der Waals surface area contributed by atoms with Gasteiger partial charge in [0, 0.05) is 19.7 Å². The van der Waals surface area contributed by atoms with Crippen LogP contribution in [0.3, 0.4) is 0 Å². The summed E-state index contributed by atoms with van der Waals surface area (Å²) in [5, 5.41) is 9.12. The molecule has 0 fully saturated rings. The number of nitrogens with zero attached hydrogens (tertiary/aromatic N) is 5. The van der Waals surface area contributed by atoms with Crippen LogP contribution in [0.25, 0.3) is 11.3 Å². The molecule has 0 aliphatic heterocycles. The summed E-state index contributed by atoms with van der Waals surface area (Å²) in [4.78, 5) is 14.4. The molecule has 2 rings (SSSR count). The summed E-state index contributed by atoms with van der Waals surface area (Å²) in [6.07, 6.45) is 3.21. The zero-order valence-corrected chi connectivity index (χ0v) is 10.8. The van der Waals surface area contributed by atoms with Crippen molar-refractivity contribution in [2.45, 2.75) is 0 Å². The zero-order chi connectivity index (χ0) is 13.7. The van der Waals surface area contributed by atoms with E-state index in [-0.39, 0.29) is 5.69 Å². The van der Waals surface area contributed by atoms with Crippen LogP contribution in [0.5, 0.6) is 0 Å². The number of aromatic nitrogens is 2. The Balaban J connectivity index is 2.40. The first-order valence-electron chi connectivity index (χ1n) is 5.74. The van der Waals surface area contributed by atoms with Gasteiger partial charge in [0.15, 0.2) is 11.5 Å². The number of nitriles is 1. The van der Waals surface area contributed by atoms with Crippen molar-refractivity contribution in [1.29, 1.82) is 5.26 Å². The summed E-state index contributed by atoms with van der Waals surface area (Å²) in [6, 6.07) is 11.6. The molecule has 1 aromatic heterocycles. The van der Waals surface area contributed by atoms with E-state index in [9.17, 15) is 0 Å². The molecule has 0 aliphatic carbocycles. The van der Waals surface area contributed by atoms with E-state index in [0.29, 0.717) is 11.5 Å². The minimum Gasteiger partial charge on any atom is -0.369 e. The Morgan fingerprint density at radius 3 is 2.63 bits per heavy atom. The van der Waals surface area contributed by atoms with Crippen LogP contribution >= 0.6 is 0 Å². The van der Waals surface area contributed by atoms with E-state index < -0.39 is 0 Å². The summed E-state index contributed by atoms with van der Waals surface area (Å²) in [5.74, 6) is 0.330. The van der Waals surface area contributed by atoms with E-state index in [0.717, 1.165) is 5.56 Å². The summed E-state index contributed by atoms with van der Waals surface area (Å²) in [5.41, 5.74) is 1.81. The molecule has 0 radical (unpaired) electrons. The summed E-state index contributed by atoms with van der Waals surface area (Å²) >= 11 is 0. The van der Waals surface area contributed by atoms with Crippen molar-refractivity contribution in [2.75, 3.05) is 14.1 Å². The second kappa shape index (κ2) is 5.74. The second-order valence-corrected chi connectivity index (χ2v) is 4.11. The quantitative estimate of drug-likeness (QED) is 0.620. The molecule has 5 nitrogen and oxygen atoms in total. The molecule has 1 aromatic carbocycles. The average molecular weight is 251 g/mol. The highest BCUT2D eigenvalue weighted by molar-refractivity contribution is 5.64. The fraction of sp³-hybridized carbons (Fsp3) is 0.143. The van der Waals surface area contributed by atoms with Gasteiger partial charge in [-0.05, 0) is 0 Å². The van der Waals surface area contributed by atoms with Crippen LogP contribution < -0.4 is 0 Å². The molecule has 0 N–H and O–H groups in total. The molecule has 0 aliphatic rings. The van der Waals surface area contributed by atoms with Gasteiger partial charge in [-0.25, -0.2) is 15.0 Å². The maximum absolute atomic E-state index is 9.12. The Labute approximate surface area is 111 Å². The molecule has 0 amide bonds. The number of rotatable bonds is 3. The molecular weight excluding hydrogens is 238 g/mol. The molecule has 0 spiro atoms. The van der Waals surface area contributed by atoms with Crippen molar-refractivity contribution in [3.8, 4) is 17.3 Å². The second-order valence-electron chi connectivity index (χ2n) is 4.11. The van der Waals surface area contributed by atoms with Crippen LogP contribution in [-0.4, -0.2) is 35.3 Å². The molecule has 1 heterocycles. The molecule has 0 bridgehead atoms. The van der Waals surface area contributed by atoms with Crippen LogP contribution in [0, 0.1) is 11.3 Å². The molecule has 19 heavy (non-hydrogen) atoms. The predicted octanol–water partition coefficient (Wildman–Crippen LogP) is 2.24. The molecule has 2 aromatic rings. The van der Waals surface area contributed by atoms with Crippen molar-refractivity contribution >= 4 is 12.2 Å². The van der Waals surface area contributed by atoms with Gasteiger partial charge >= 0.3 is 0 Å². The largest absolute Gasteiger partial charge is 0.369 e. The Hall–Kier alpha value is -2.74. The van der Waals surface area contributed by atoms with Gasteiger partial charge in [-0.3, -0.25) is 0 Å². The van der Waals surface area contributed by atoms with Gasteiger partial charge in [0.05, 0.1) is 18.2 Å². The third-order valence-electron chi connectivity index (χ3n) is 2.34. The standard InChI is InChI=1S/C14H13N5/c1-19(2)10-17-14-12(8-15)18-13(9-16-14)11-6-4-3-5-7-11/h3-7,9-10H,1-2H3. The first-order chi connectivity index (χ1) is 9.20. The first-order valence-corrected chi connectivity index (χ1v) is 5.74. The van der Waals surface area contributed by atoms with Gasteiger partial charge in [0.25, 0.3) is 0 Å². The molecule has 94 valence electrons. The lowest BCUT2D eigenvalue weighted by atomic mass is 10.1. The Morgan fingerprint density at radius 2 is 2.00 bits per heavy atom. The molecule has 0 saturated heterocycles. The number of aliphatic imine (C=N–C) groups is 1. The maximum atomic E-state index is 9.12. The summed E-state index contributed by atoms with van der Waals surface area (Å²) < 4.78 is 0. The van der Waals surface area contributed by atoms with E-state index in [2.05, 4.69) is 15.0 Å². The van der Waals surface area contributed by atoms with Gasteiger partial charge in [-0.15, -0.1) is 0 Å². The monoisotopic (exact) mass is 251 g/mol. The lowest BCUT2D eigenvalue weighted by Gasteiger charge is -2.04. The van der Waals surface area contributed by atoms with Crippen molar-refractivity contribution in [3.05, 3.63) is 42.2 Å². The molecule has 0 unspecified atom stereocenters. The van der Waals surface area contributed by atoms with E-state index >= 15 is 0 Å². The number of benzene rings is 1. The van der Waals surface area contributed by atoms with Crippen LogP contribution in [0.1, 0.15) is 5.69 Å². The topological polar surface area (TPSA) is 65.2 Å². The van der Waals surface area contributed by atoms with Crippen molar-refractivity contribution in [1.82, 2.24) is 14.9 Å². The Kier molecular flexibility index (Phi) is 3.84. The first kappa shape index (κ1) is 12.7. The van der Waals surface area contributed by atoms with E-state index in [1.165, 1.54) is 0 Å². The molecule has 0 saturated carbocycles. The predicted molar refractivity (Wildman–Crippen MR) is 74.0 cm³/mol. The van der Waals surface area contributed by atoms with Crippen LogP contribution in [0.2, 0.25) is 0 Å². The van der Waals surface area contributed by atoms with Gasteiger partial charge in [-0.2, -0.15) is 5.26 Å². The van der Waals surface area contributed by atoms with E-state index in [4.69, 9.17) is 5.26 Å². The van der Waals surface area contributed by atoms with Crippen molar-refractivity contribution < 1.29 is 0 Å². The molecule has 0 atom stereocenters. The SMILES string of the molecule is CN(C)C=Nc1ncc(-c2ccccc2)nc1C#N. The van der Waals surface area contributed by atoms with Crippen molar-refractivity contribution in [3.63, 3.8) is 0 Å². The Bertz CT molecular complexity index is 626. The fourth-order valence-electron chi connectivity index (χ4n) is 1.47. The van der Waals surface area contributed by atoms with Crippen molar-refractivity contribution in [2.24, 2.45) is 4.99 Å². The van der Waals surface area contributed by atoms with Crippen LogP contribution in [0.4, 0.5) is 5.82 Å². The highest BCUT2D eigenvalue weighted by Crippen LogP contribution is 2.20. The molecule has 5 heteroatoms. The minimum atomic E-state index is 0.222. The van der Waals surface area contributed by atoms with E-state index in [1.807, 2.05) is 50.5 Å². The Morgan fingerprint density at radius 1 is 1.26 bits per heavy atom. The third kappa shape index (κ3) is 3.13. The van der Waals surface area contributed by atoms with Gasteiger partial charge in [0.2, 0.25) is 0 Å². The summed E-state index contributed by atoms with van der Waals surface area (Å²) in [7, 11) is 3.70. The number of hydrogen-bond acceptors (Lipinski definition) is 4.